The Morgan fingerprint density at radius 2 is 1.63 bits per heavy atom. The average molecular weight is 389 g/mol. The van der Waals surface area contributed by atoms with Gasteiger partial charge >= 0.3 is 0 Å². The topological polar surface area (TPSA) is 66.5 Å². The molecule has 0 saturated heterocycles. The summed E-state index contributed by atoms with van der Waals surface area (Å²) in [4.78, 5) is 13.1. The second-order valence-corrected chi connectivity index (χ2v) is 8.94. The molecule has 0 bridgehead atoms. The van der Waals surface area contributed by atoms with Gasteiger partial charge in [-0.1, -0.05) is 36.8 Å². The van der Waals surface area contributed by atoms with E-state index in [1.807, 2.05) is 52.8 Å². The van der Waals surface area contributed by atoms with Crippen molar-refractivity contribution in [1.82, 2.24) is 0 Å². The number of nitrogens with zero attached hydrogens (tertiary/aromatic N) is 1. The first-order valence-corrected chi connectivity index (χ1v) is 10.8. The number of hydrogen-bond donors (Lipinski definition) is 1. The van der Waals surface area contributed by atoms with Crippen molar-refractivity contribution in [2.75, 3.05) is 15.9 Å². The maximum Gasteiger partial charge on any atom is 0.248 e. The van der Waals surface area contributed by atoms with E-state index in [1.165, 1.54) is 4.31 Å². The molecule has 0 aromatic heterocycles. The summed E-state index contributed by atoms with van der Waals surface area (Å²) >= 11 is 0. The molecule has 0 saturated carbocycles. The number of rotatable bonds is 6. The molecule has 2 rings (SSSR count). The van der Waals surface area contributed by atoms with Crippen molar-refractivity contribution in [3.63, 3.8) is 0 Å². The van der Waals surface area contributed by atoms with Gasteiger partial charge in [0.05, 0.1) is 11.9 Å². The summed E-state index contributed by atoms with van der Waals surface area (Å²) in [6, 6.07) is 10.3. The minimum Gasteiger partial charge on any atom is -0.324 e. The molecule has 1 amide bonds. The van der Waals surface area contributed by atoms with Crippen molar-refractivity contribution in [1.29, 1.82) is 0 Å². The molecule has 0 aliphatic carbocycles. The Labute approximate surface area is 162 Å². The molecule has 2 aromatic carbocycles. The zero-order valence-electron chi connectivity index (χ0n) is 16.8. The zero-order chi connectivity index (χ0) is 20.4. The quantitative estimate of drug-likeness (QED) is 0.810. The Balaban J connectivity index is 2.44. The smallest absolute Gasteiger partial charge is 0.248 e. The Morgan fingerprint density at radius 1 is 1.04 bits per heavy atom. The van der Waals surface area contributed by atoms with Crippen LogP contribution in [-0.4, -0.2) is 26.6 Å². The van der Waals surface area contributed by atoms with Crippen LogP contribution in [0.3, 0.4) is 0 Å². The van der Waals surface area contributed by atoms with Gasteiger partial charge in [0.15, 0.2) is 0 Å². The lowest BCUT2D eigenvalue weighted by Crippen LogP contribution is -2.47. The van der Waals surface area contributed by atoms with Crippen molar-refractivity contribution in [2.24, 2.45) is 0 Å². The summed E-state index contributed by atoms with van der Waals surface area (Å²) in [5.41, 5.74) is 5.20. The van der Waals surface area contributed by atoms with Crippen LogP contribution < -0.4 is 9.62 Å². The molecule has 0 fully saturated rings. The van der Waals surface area contributed by atoms with Gasteiger partial charge in [-0.2, -0.15) is 0 Å². The lowest BCUT2D eigenvalue weighted by atomic mass is 10.0. The number of benzene rings is 2. The molecule has 0 spiro atoms. The molecule has 0 unspecified atom stereocenters. The van der Waals surface area contributed by atoms with Crippen LogP contribution in [0, 0.1) is 27.7 Å². The highest BCUT2D eigenvalue weighted by atomic mass is 32.2. The van der Waals surface area contributed by atoms with Crippen LogP contribution in [0.15, 0.2) is 36.4 Å². The maximum absolute atomic E-state index is 13.1. The Bertz CT molecular complexity index is 929. The Kier molecular flexibility index (Phi) is 6.31. The number of sulfonamides is 1. The van der Waals surface area contributed by atoms with Crippen LogP contribution in [0.4, 0.5) is 11.4 Å². The Hall–Kier alpha value is -2.34. The minimum absolute atomic E-state index is 0.334. The largest absolute Gasteiger partial charge is 0.324 e. The minimum atomic E-state index is -3.64. The van der Waals surface area contributed by atoms with Gasteiger partial charge in [-0.05, 0) is 62.9 Å². The maximum atomic E-state index is 13.1. The van der Waals surface area contributed by atoms with Gasteiger partial charge in [-0.3, -0.25) is 9.10 Å². The van der Waals surface area contributed by atoms with Crippen molar-refractivity contribution in [3.8, 4) is 0 Å². The molecule has 0 radical (unpaired) electrons. The van der Waals surface area contributed by atoms with E-state index >= 15 is 0 Å². The van der Waals surface area contributed by atoms with Crippen LogP contribution in [0.25, 0.3) is 0 Å². The summed E-state index contributed by atoms with van der Waals surface area (Å²) in [6.45, 7) is 9.58. The van der Waals surface area contributed by atoms with Crippen molar-refractivity contribution < 1.29 is 13.2 Å². The number of aryl methyl sites for hydroxylation is 4. The molecular formula is C21H28N2O3S. The number of carbonyl (C=O) groups excluding carboxylic acids is 1. The normalized spacial score (nSPS) is 12.5. The zero-order valence-corrected chi connectivity index (χ0v) is 17.6. The van der Waals surface area contributed by atoms with E-state index in [0.717, 1.165) is 34.2 Å². The predicted molar refractivity (Wildman–Crippen MR) is 112 cm³/mol. The van der Waals surface area contributed by atoms with Crippen LogP contribution in [0.1, 0.15) is 35.6 Å². The van der Waals surface area contributed by atoms with Gasteiger partial charge in [0.25, 0.3) is 0 Å². The number of carbonyl (C=O) groups is 1. The molecule has 27 heavy (non-hydrogen) atoms. The fourth-order valence-electron chi connectivity index (χ4n) is 3.41. The van der Waals surface area contributed by atoms with Crippen LogP contribution in [0.2, 0.25) is 0 Å². The van der Waals surface area contributed by atoms with E-state index in [-0.39, 0.29) is 5.91 Å². The highest BCUT2D eigenvalue weighted by Crippen LogP contribution is 2.26. The molecule has 6 heteroatoms. The van der Waals surface area contributed by atoms with E-state index in [2.05, 4.69) is 5.32 Å². The summed E-state index contributed by atoms with van der Waals surface area (Å²) in [5.74, 6) is -0.334. The monoisotopic (exact) mass is 388 g/mol. The summed E-state index contributed by atoms with van der Waals surface area (Å²) < 4.78 is 26.3. The van der Waals surface area contributed by atoms with Crippen molar-refractivity contribution >= 4 is 27.3 Å². The first-order valence-electron chi connectivity index (χ1n) is 8.99. The number of amides is 1. The SMILES string of the molecule is CC[C@H](C(=O)Nc1c(C)cc(C)cc1C)N(c1cccc(C)c1)S(C)(=O)=O. The number of hydrogen-bond acceptors (Lipinski definition) is 3. The lowest BCUT2D eigenvalue weighted by molar-refractivity contribution is -0.117. The molecule has 1 atom stereocenters. The average Bonchev–Trinajstić information content (AvgIpc) is 2.54. The van der Waals surface area contributed by atoms with E-state index < -0.39 is 16.1 Å². The number of nitrogens with one attached hydrogen (secondary N) is 1. The first kappa shape index (κ1) is 21.0. The first-order chi connectivity index (χ1) is 12.5. The van der Waals surface area contributed by atoms with Crippen LogP contribution >= 0.6 is 0 Å². The van der Waals surface area contributed by atoms with Gasteiger partial charge in [-0.15, -0.1) is 0 Å². The third-order valence-corrected chi connectivity index (χ3v) is 5.69. The van der Waals surface area contributed by atoms with E-state index in [1.54, 1.807) is 18.2 Å². The predicted octanol–water partition coefficient (Wildman–Crippen LogP) is 4.10. The Morgan fingerprint density at radius 3 is 2.11 bits per heavy atom. The van der Waals surface area contributed by atoms with Crippen LogP contribution in [-0.2, 0) is 14.8 Å². The summed E-state index contributed by atoms with van der Waals surface area (Å²) in [5, 5.41) is 2.95. The second-order valence-electron chi connectivity index (χ2n) is 7.08. The standard InChI is InChI=1S/C21H28N2O3S/c1-7-19(21(24)22-20-16(4)11-15(3)12-17(20)5)23(27(6,25)26)18-10-8-9-14(2)13-18/h8-13,19H,7H2,1-6H3,(H,22,24)/t19-/m1/s1. The fourth-order valence-corrected chi connectivity index (χ4v) is 4.61. The van der Waals surface area contributed by atoms with E-state index in [9.17, 15) is 13.2 Å². The van der Waals surface area contributed by atoms with Gasteiger partial charge < -0.3 is 5.32 Å². The van der Waals surface area contributed by atoms with Gasteiger partial charge in [0.2, 0.25) is 15.9 Å². The summed E-state index contributed by atoms with van der Waals surface area (Å²) in [6.07, 6.45) is 1.49. The van der Waals surface area contributed by atoms with E-state index in [0.29, 0.717) is 12.1 Å². The van der Waals surface area contributed by atoms with E-state index in [4.69, 9.17) is 0 Å². The van der Waals surface area contributed by atoms with Crippen molar-refractivity contribution in [2.45, 2.75) is 47.1 Å². The van der Waals surface area contributed by atoms with Gasteiger partial charge in [-0.25, -0.2) is 8.42 Å². The highest BCUT2D eigenvalue weighted by Gasteiger charge is 2.32. The number of anilines is 2. The molecule has 1 N–H and O–H groups in total. The van der Waals surface area contributed by atoms with Crippen molar-refractivity contribution in [3.05, 3.63) is 58.7 Å². The lowest BCUT2D eigenvalue weighted by Gasteiger charge is -2.30. The van der Waals surface area contributed by atoms with Gasteiger partial charge in [0.1, 0.15) is 6.04 Å². The third-order valence-electron chi connectivity index (χ3n) is 4.51. The second kappa shape index (κ2) is 8.13. The molecule has 0 aliphatic heterocycles. The molecule has 5 nitrogen and oxygen atoms in total. The molecule has 0 aliphatic rings. The summed E-state index contributed by atoms with van der Waals surface area (Å²) in [7, 11) is -3.64. The third kappa shape index (κ3) is 4.89. The van der Waals surface area contributed by atoms with Gasteiger partial charge in [0, 0.05) is 5.69 Å². The molecule has 0 heterocycles. The molecule has 146 valence electrons. The fraction of sp³-hybridized carbons (Fsp3) is 0.381. The molecular weight excluding hydrogens is 360 g/mol. The van der Waals surface area contributed by atoms with Crippen LogP contribution in [0.5, 0.6) is 0 Å². The molecule has 2 aromatic rings. The highest BCUT2D eigenvalue weighted by molar-refractivity contribution is 7.92.